The molecule has 5 heteroatoms. The number of hydrogen-bond acceptors (Lipinski definition) is 3. The van der Waals surface area contributed by atoms with E-state index in [1.165, 1.54) is 23.7 Å². The average molecular weight is 340 g/mol. The third-order valence-electron chi connectivity index (χ3n) is 4.68. The molecular weight excluding hydrogens is 316 g/mol. The number of nitrogens with one attached hydrogen (secondary N) is 1. The molecule has 0 unspecified atom stereocenters. The molecule has 25 heavy (non-hydrogen) atoms. The van der Waals surface area contributed by atoms with Crippen LogP contribution in [-0.2, 0) is 11.2 Å². The Hall–Kier alpha value is -2.56. The summed E-state index contributed by atoms with van der Waals surface area (Å²) in [5.41, 5.74) is 2.99. The van der Waals surface area contributed by atoms with E-state index in [2.05, 4.69) is 36.5 Å². The van der Waals surface area contributed by atoms with Crippen molar-refractivity contribution in [2.24, 2.45) is 0 Å². The summed E-state index contributed by atoms with van der Waals surface area (Å²) < 4.78 is 4.97. The summed E-state index contributed by atoms with van der Waals surface area (Å²) in [6.07, 6.45) is 5.82. The number of amides is 2. The van der Waals surface area contributed by atoms with E-state index in [9.17, 15) is 9.59 Å². The fourth-order valence-electron chi connectivity index (χ4n) is 3.11. The van der Waals surface area contributed by atoms with Crippen molar-refractivity contribution in [2.45, 2.75) is 38.6 Å². The average Bonchev–Trinajstić information content (AvgIpc) is 3.16. The predicted molar refractivity (Wildman–Crippen MR) is 95.3 cm³/mol. The molecule has 3 rings (SSSR count). The second-order valence-corrected chi connectivity index (χ2v) is 6.63. The lowest BCUT2D eigenvalue weighted by Crippen LogP contribution is -2.46. The van der Waals surface area contributed by atoms with Crippen molar-refractivity contribution < 1.29 is 14.0 Å². The quantitative estimate of drug-likeness (QED) is 0.910. The van der Waals surface area contributed by atoms with Crippen molar-refractivity contribution in [1.82, 2.24) is 10.2 Å². The second kappa shape index (κ2) is 8.01. The third-order valence-corrected chi connectivity index (χ3v) is 4.68. The molecule has 0 atom stereocenters. The van der Waals surface area contributed by atoms with Crippen LogP contribution in [0.15, 0.2) is 47.3 Å². The molecule has 1 N–H and O–H groups in total. The molecule has 0 aliphatic carbocycles. The van der Waals surface area contributed by atoms with Crippen LogP contribution < -0.4 is 5.32 Å². The summed E-state index contributed by atoms with van der Waals surface area (Å²) in [7, 11) is 0. The minimum absolute atomic E-state index is 0.00195. The molecule has 0 bridgehead atoms. The van der Waals surface area contributed by atoms with E-state index in [1.807, 2.05) is 4.90 Å². The Morgan fingerprint density at radius 1 is 1.16 bits per heavy atom. The van der Waals surface area contributed by atoms with Crippen LogP contribution in [0.5, 0.6) is 0 Å². The van der Waals surface area contributed by atoms with Gasteiger partial charge in [0.15, 0.2) is 0 Å². The van der Waals surface area contributed by atoms with Crippen LogP contribution in [0.4, 0.5) is 0 Å². The highest BCUT2D eigenvalue weighted by atomic mass is 16.3. The van der Waals surface area contributed by atoms with Crippen LogP contribution in [0.25, 0.3) is 0 Å². The number of furan rings is 1. The number of rotatable bonds is 5. The normalized spacial score (nSPS) is 15.2. The first-order valence-corrected chi connectivity index (χ1v) is 8.78. The van der Waals surface area contributed by atoms with Gasteiger partial charge in [0.2, 0.25) is 5.91 Å². The van der Waals surface area contributed by atoms with E-state index in [0.717, 1.165) is 19.3 Å². The Kier molecular flexibility index (Phi) is 5.53. The Morgan fingerprint density at radius 3 is 2.52 bits per heavy atom. The first-order chi connectivity index (χ1) is 12.1. The SMILES string of the molecule is Cc1ccc(CCC(=O)NC2CCN(C(=O)c3ccoc3)CC2)cc1. The zero-order valence-electron chi connectivity index (χ0n) is 14.5. The molecule has 0 spiro atoms. The maximum absolute atomic E-state index is 12.3. The van der Waals surface area contributed by atoms with Crippen LogP contribution in [0.3, 0.4) is 0 Å². The highest BCUT2D eigenvalue weighted by Crippen LogP contribution is 2.15. The zero-order valence-corrected chi connectivity index (χ0v) is 14.5. The first-order valence-electron chi connectivity index (χ1n) is 8.78. The number of nitrogens with zero attached hydrogens (tertiary/aromatic N) is 1. The van der Waals surface area contributed by atoms with Gasteiger partial charge in [-0.2, -0.15) is 0 Å². The molecule has 1 aromatic heterocycles. The Morgan fingerprint density at radius 2 is 1.88 bits per heavy atom. The van der Waals surface area contributed by atoms with Gasteiger partial charge in [0.1, 0.15) is 6.26 Å². The number of piperidine rings is 1. The van der Waals surface area contributed by atoms with Gasteiger partial charge in [-0.1, -0.05) is 29.8 Å². The van der Waals surface area contributed by atoms with Crippen molar-refractivity contribution in [3.05, 3.63) is 59.5 Å². The van der Waals surface area contributed by atoms with Crippen molar-refractivity contribution in [1.29, 1.82) is 0 Å². The standard InChI is InChI=1S/C20H24N2O3/c1-15-2-4-16(5-3-15)6-7-19(23)21-18-8-11-22(12-9-18)20(24)17-10-13-25-14-17/h2-5,10,13-14,18H,6-9,11-12H2,1H3,(H,21,23). The molecule has 1 fully saturated rings. The summed E-state index contributed by atoms with van der Waals surface area (Å²) >= 11 is 0. The maximum atomic E-state index is 12.3. The topological polar surface area (TPSA) is 62.6 Å². The number of carbonyl (C=O) groups is 2. The lowest BCUT2D eigenvalue weighted by Gasteiger charge is -2.32. The highest BCUT2D eigenvalue weighted by Gasteiger charge is 2.24. The van der Waals surface area contributed by atoms with Gasteiger partial charge in [0.05, 0.1) is 11.8 Å². The van der Waals surface area contributed by atoms with Gasteiger partial charge in [0.25, 0.3) is 5.91 Å². The number of benzene rings is 1. The molecular formula is C20H24N2O3. The van der Waals surface area contributed by atoms with E-state index in [0.29, 0.717) is 25.1 Å². The van der Waals surface area contributed by atoms with E-state index < -0.39 is 0 Å². The van der Waals surface area contributed by atoms with Crippen LogP contribution in [0, 0.1) is 6.92 Å². The molecule has 1 aliphatic rings. The van der Waals surface area contributed by atoms with Crippen molar-refractivity contribution in [3.8, 4) is 0 Å². The predicted octanol–water partition coefficient (Wildman–Crippen LogP) is 2.94. The first kappa shape index (κ1) is 17.3. The zero-order chi connectivity index (χ0) is 17.6. The number of likely N-dealkylation sites (tertiary alicyclic amines) is 1. The molecule has 5 nitrogen and oxygen atoms in total. The van der Waals surface area contributed by atoms with Crippen molar-refractivity contribution in [2.75, 3.05) is 13.1 Å². The van der Waals surface area contributed by atoms with Crippen LogP contribution in [-0.4, -0.2) is 35.8 Å². The molecule has 1 saturated heterocycles. The monoisotopic (exact) mass is 340 g/mol. The largest absolute Gasteiger partial charge is 0.472 e. The molecule has 0 radical (unpaired) electrons. The number of aryl methyl sites for hydroxylation is 2. The molecule has 1 aromatic carbocycles. The molecule has 132 valence electrons. The number of carbonyl (C=O) groups excluding carboxylic acids is 2. The summed E-state index contributed by atoms with van der Waals surface area (Å²) in [5, 5.41) is 3.10. The van der Waals surface area contributed by atoms with Gasteiger partial charge in [-0.3, -0.25) is 9.59 Å². The Bertz CT molecular complexity index is 699. The van der Waals surface area contributed by atoms with Crippen molar-refractivity contribution in [3.63, 3.8) is 0 Å². The van der Waals surface area contributed by atoms with E-state index >= 15 is 0 Å². The van der Waals surface area contributed by atoms with Crippen LogP contribution in [0.1, 0.15) is 40.7 Å². The van der Waals surface area contributed by atoms with Crippen molar-refractivity contribution >= 4 is 11.8 Å². The van der Waals surface area contributed by atoms with Crippen LogP contribution >= 0.6 is 0 Å². The smallest absolute Gasteiger partial charge is 0.257 e. The summed E-state index contributed by atoms with van der Waals surface area (Å²) in [4.78, 5) is 26.2. The third kappa shape index (κ3) is 4.72. The lowest BCUT2D eigenvalue weighted by atomic mass is 10.0. The van der Waals surface area contributed by atoms with Gasteiger partial charge < -0.3 is 14.6 Å². The van der Waals surface area contributed by atoms with Gasteiger partial charge in [-0.25, -0.2) is 0 Å². The lowest BCUT2D eigenvalue weighted by molar-refractivity contribution is -0.122. The van der Waals surface area contributed by atoms with E-state index in [1.54, 1.807) is 6.07 Å². The molecule has 2 amide bonds. The molecule has 2 aromatic rings. The van der Waals surface area contributed by atoms with Gasteiger partial charge >= 0.3 is 0 Å². The highest BCUT2D eigenvalue weighted by molar-refractivity contribution is 5.93. The summed E-state index contributed by atoms with van der Waals surface area (Å²) in [6.45, 7) is 3.38. The van der Waals surface area contributed by atoms with Gasteiger partial charge in [0, 0.05) is 25.6 Å². The fraction of sp³-hybridized carbons (Fsp3) is 0.400. The molecule has 1 aliphatic heterocycles. The fourth-order valence-corrected chi connectivity index (χ4v) is 3.11. The Balaban J connectivity index is 1.40. The maximum Gasteiger partial charge on any atom is 0.257 e. The van der Waals surface area contributed by atoms with E-state index in [4.69, 9.17) is 4.42 Å². The summed E-state index contributed by atoms with van der Waals surface area (Å²) in [5.74, 6) is 0.0816. The minimum atomic E-state index is -0.00195. The molecule has 0 saturated carbocycles. The summed E-state index contributed by atoms with van der Waals surface area (Å²) in [6, 6.07) is 10.1. The minimum Gasteiger partial charge on any atom is -0.472 e. The molecule has 2 heterocycles. The van der Waals surface area contributed by atoms with Gasteiger partial charge in [-0.05, 0) is 37.8 Å². The second-order valence-electron chi connectivity index (χ2n) is 6.63. The number of hydrogen-bond donors (Lipinski definition) is 1. The van der Waals surface area contributed by atoms with Crippen LogP contribution in [0.2, 0.25) is 0 Å². The van der Waals surface area contributed by atoms with Gasteiger partial charge in [-0.15, -0.1) is 0 Å². The van der Waals surface area contributed by atoms with E-state index in [-0.39, 0.29) is 17.9 Å². The Labute approximate surface area is 148 Å².